The summed E-state index contributed by atoms with van der Waals surface area (Å²) in [6.07, 6.45) is 1.82. The van der Waals surface area contributed by atoms with E-state index < -0.39 is 0 Å². The molecule has 4 rings (SSSR count). The zero-order valence-corrected chi connectivity index (χ0v) is 15.7. The first-order chi connectivity index (χ1) is 13.1. The Hall–Kier alpha value is -2.61. The first-order valence-corrected chi connectivity index (χ1v) is 9.91. The Morgan fingerprint density at radius 2 is 1.89 bits per heavy atom. The van der Waals surface area contributed by atoms with Crippen LogP contribution in [-0.4, -0.2) is 65.1 Å². The van der Waals surface area contributed by atoms with Gasteiger partial charge in [0.05, 0.1) is 23.6 Å². The van der Waals surface area contributed by atoms with Crippen LogP contribution in [0.15, 0.2) is 40.3 Å². The Morgan fingerprint density at radius 1 is 1.11 bits per heavy atom. The van der Waals surface area contributed by atoms with Crippen LogP contribution in [0.5, 0.6) is 0 Å². The van der Waals surface area contributed by atoms with Gasteiger partial charge in [-0.3, -0.25) is 14.4 Å². The number of likely N-dealkylation sites (tertiary alicyclic amines) is 1. The highest BCUT2D eigenvalue weighted by Gasteiger charge is 2.37. The number of hydrogen-bond acceptors (Lipinski definition) is 5. The molecule has 142 valence electrons. The molecule has 2 aromatic heterocycles. The predicted octanol–water partition coefficient (Wildman–Crippen LogP) is 1.67. The van der Waals surface area contributed by atoms with Gasteiger partial charge in [0, 0.05) is 39.1 Å². The van der Waals surface area contributed by atoms with Crippen molar-refractivity contribution >= 4 is 29.1 Å². The van der Waals surface area contributed by atoms with E-state index in [0.29, 0.717) is 39.3 Å². The third kappa shape index (κ3) is 3.75. The minimum atomic E-state index is -0.313. The number of piperazine rings is 1. The van der Waals surface area contributed by atoms with Gasteiger partial charge in [0.25, 0.3) is 5.91 Å². The van der Waals surface area contributed by atoms with Crippen molar-refractivity contribution in [3.05, 3.63) is 46.5 Å². The molecule has 0 aliphatic carbocycles. The maximum absolute atomic E-state index is 12.8. The van der Waals surface area contributed by atoms with Gasteiger partial charge in [0.15, 0.2) is 0 Å². The van der Waals surface area contributed by atoms with Gasteiger partial charge in [-0.25, -0.2) is 0 Å². The maximum Gasteiger partial charge on any atom is 0.264 e. The van der Waals surface area contributed by atoms with Crippen LogP contribution in [0.2, 0.25) is 0 Å². The van der Waals surface area contributed by atoms with E-state index >= 15 is 0 Å². The summed E-state index contributed by atoms with van der Waals surface area (Å²) in [5, 5.41) is 1.89. The predicted molar refractivity (Wildman–Crippen MR) is 99.0 cm³/mol. The molecular formula is C19H21N3O4S. The lowest BCUT2D eigenvalue weighted by atomic mass is 10.1. The fourth-order valence-corrected chi connectivity index (χ4v) is 4.32. The van der Waals surface area contributed by atoms with Crippen LogP contribution in [-0.2, 0) is 16.1 Å². The van der Waals surface area contributed by atoms with Crippen molar-refractivity contribution in [1.29, 1.82) is 0 Å². The minimum Gasteiger partial charge on any atom is -0.467 e. The lowest BCUT2D eigenvalue weighted by Gasteiger charge is -2.35. The number of furan rings is 1. The summed E-state index contributed by atoms with van der Waals surface area (Å²) in [7, 11) is 0. The topological polar surface area (TPSA) is 74.1 Å². The SMILES string of the molecule is O=C1C[C@H](C(=O)N2CCN(C(=O)c3cccs3)CC2)CN1Cc1ccco1. The molecule has 2 aliphatic heterocycles. The molecule has 2 fully saturated rings. The standard InChI is InChI=1S/C19H21N3O4S/c23-17-11-14(12-22(17)13-15-3-1-9-26-15)18(24)20-5-7-21(8-6-20)19(25)16-4-2-10-27-16/h1-4,9-10,14H,5-8,11-13H2/t14-/m0/s1. The number of thiophene rings is 1. The molecule has 2 aromatic rings. The number of amides is 3. The highest BCUT2D eigenvalue weighted by Crippen LogP contribution is 2.23. The number of carbonyl (C=O) groups excluding carboxylic acids is 3. The van der Waals surface area contributed by atoms with E-state index in [0.717, 1.165) is 10.6 Å². The van der Waals surface area contributed by atoms with E-state index in [9.17, 15) is 14.4 Å². The molecule has 2 saturated heterocycles. The van der Waals surface area contributed by atoms with E-state index in [1.807, 2.05) is 23.6 Å². The van der Waals surface area contributed by atoms with Crippen LogP contribution in [0.25, 0.3) is 0 Å². The van der Waals surface area contributed by atoms with E-state index in [1.54, 1.807) is 27.0 Å². The lowest BCUT2D eigenvalue weighted by molar-refractivity contribution is -0.137. The van der Waals surface area contributed by atoms with Crippen molar-refractivity contribution in [2.45, 2.75) is 13.0 Å². The summed E-state index contributed by atoms with van der Waals surface area (Å²) in [5.41, 5.74) is 0. The van der Waals surface area contributed by atoms with Crippen molar-refractivity contribution in [2.24, 2.45) is 5.92 Å². The second-order valence-electron chi connectivity index (χ2n) is 6.85. The lowest BCUT2D eigenvalue weighted by Crippen LogP contribution is -2.52. The molecule has 2 aliphatic rings. The molecule has 0 saturated carbocycles. The van der Waals surface area contributed by atoms with Gasteiger partial charge in [0.1, 0.15) is 5.76 Å². The van der Waals surface area contributed by atoms with Crippen LogP contribution in [0.1, 0.15) is 21.9 Å². The highest BCUT2D eigenvalue weighted by atomic mass is 32.1. The summed E-state index contributed by atoms with van der Waals surface area (Å²) < 4.78 is 5.29. The fourth-order valence-electron chi connectivity index (χ4n) is 3.63. The van der Waals surface area contributed by atoms with Crippen LogP contribution in [0.4, 0.5) is 0 Å². The van der Waals surface area contributed by atoms with Gasteiger partial charge in [-0.2, -0.15) is 0 Å². The van der Waals surface area contributed by atoms with Gasteiger partial charge >= 0.3 is 0 Å². The van der Waals surface area contributed by atoms with Crippen molar-refractivity contribution in [1.82, 2.24) is 14.7 Å². The quantitative estimate of drug-likeness (QED) is 0.800. The largest absolute Gasteiger partial charge is 0.467 e. The Bertz CT molecular complexity index is 810. The zero-order chi connectivity index (χ0) is 18.8. The molecule has 0 aromatic carbocycles. The van der Waals surface area contributed by atoms with Crippen LogP contribution >= 0.6 is 11.3 Å². The third-order valence-electron chi connectivity index (χ3n) is 5.10. The van der Waals surface area contributed by atoms with E-state index in [4.69, 9.17) is 4.42 Å². The monoisotopic (exact) mass is 387 g/mol. The Morgan fingerprint density at radius 3 is 2.56 bits per heavy atom. The van der Waals surface area contributed by atoms with Crippen molar-refractivity contribution in [3.8, 4) is 0 Å². The summed E-state index contributed by atoms with van der Waals surface area (Å²) in [6, 6.07) is 7.30. The molecule has 0 radical (unpaired) electrons. The number of carbonyl (C=O) groups is 3. The summed E-state index contributed by atoms with van der Waals surface area (Å²) in [6.45, 7) is 2.90. The van der Waals surface area contributed by atoms with Crippen LogP contribution in [0.3, 0.4) is 0 Å². The number of nitrogens with zero attached hydrogens (tertiary/aromatic N) is 3. The van der Waals surface area contributed by atoms with E-state index in [-0.39, 0.29) is 30.1 Å². The van der Waals surface area contributed by atoms with Gasteiger partial charge in [-0.05, 0) is 23.6 Å². The van der Waals surface area contributed by atoms with Crippen molar-refractivity contribution in [3.63, 3.8) is 0 Å². The van der Waals surface area contributed by atoms with Gasteiger partial charge in [-0.15, -0.1) is 11.3 Å². The van der Waals surface area contributed by atoms with Crippen molar-refractivity contribution in [2.75, 3.05) is 32.7 Å². The number of rotatable bonds is 4. The third-order valence-corrected chi connectivity index (χ3v) is 5.96. The normalized spacial score (nSPS) is 20.4. The summed E-state index contributed by atoms with van der Waals surface area (Å²) in [4.78, 5) is 43.4. The molecule has 0 N–H and O–H groups in total. The fraction of sp³-hybridized carbons (Fsp3) is 0.421. The van der Waals surface area contributed by atoms with Crippen LogP contribution < -0.4 is 0 Å². The smallest absolute Gasteiger partial charge is 0.264 e. The van der Waals surface area contributed by atoms with Crippen molar-refractivity contribution < 1.29 is 18.8 Å². The summed E-state index contributed by atoms with van der Waals surface area (Å²) in [5.74, 6) is 0.423. The first kappa shape index (κ1) is 17.8. The molecule has 3 amide bonds. The van der Waals surface area contributed by atoms with E-state index in [2.05, 4.69) is 0 Å². The maximum atomic E-state index is 12.8. The Kier molecular flexibility index (Phi) is 4.98. The Labute approximate surface area is 161 Å². The average molecular weight is 387 g/mol. The zero-order valence-electron chi connectivity index (χ0n) is 14.9. The summed E-state index contributed by atoms with van der Waals surface area (Å²) >= 11 is 1.43. The van der Waals surface area contributed by atoms with E-state index in [1.165, 1.54) is 11.3 Å². The molecule has 8 heteroatoms. The molecule has 0 unspecified atom stereocenters. The van der Waals surface area contributed by atoms with Gasteiger partial charge in [0.2, 0.25) is 11.8 Å². The van der Waals surface area contributed by atoms with Gasteiger partial charge < -0.3 is 19.1 Å². The molecule has 0 bridgehead atoms. The number of hydrogen-bond donors (Lipinski definition) is 0. The molecular weight excluding hydrogens is 366 g/mol. The molecule has 1 atom stereocenters. The molecule has 4 heterocycles. The minimum absolute atomic E-state index is 0.00789. The first-order valence-electron chi connectivity index (χ1n) is 9.03. The Balaban J connectivity index is 1.30. The van der Waals surface area contributed by atoms with Crippen LogP contribution in [0, 0.1) is 5.92 Å². The molecule has 7 nitrogen and oxygen atoms in total. The highest BCUT2D eigenvalue weighted by molar-refractivity contribution is 7.12. The van der Waals surface area contributed by atoms with Gasteiger partial charge in [-0.1, -0.05) is 6.07 Å². The second kappa shape index (κ2) is 7.56. The average Bonchev–Trinajstić information content (AvgIpc) is 3.44. The second-order valence-corrected chi connectivity index (χ2v) is 7.80. The molecule has 27 heavy (non-hydrogen) atoms. The molecule has 0 spiro atoms.